The highest BCUT2D eigenvalue weighted by molar-refractivity contribution is 4.81. The van der Waals surface area contributed by atoms with Gasteiger partial charge in [-0.15, -0.1) is 0 Å². The minimum Gasteiger partial charge on any atom is -0.393 e. The molecule has 2 rings (SSSR count). The van der Waals surface area contributed by atoms with E-state index < -0.39 is 0 Å². The normalized spacial score (nSPS) is 33.2. The lowest BCUT2D eigenvalue weighted by Gasteiger charge is -2.35. The summed E-state index contributed by atoms with van der Waals surface area (Å²) >= 11 is 0. The third-order valence-electron chi connectivity index (χ3n) is 5.17. The van der Waals surface area contributed by atoms with Gasteiger partial charge in [0.2, 0.25) is 0 Å². The number of hydrogen-bond donors (Lipinski definition) is 1. The van der Waals surface area contributed by atoms with Crippen molar-refractivity contribution in [2.24, 2.45) is 11.8 Å². The second kappa shape index (κ2) is 7.61. The fourth-order valence-corrected chi connectivity index (χ4v) is 3.72. The SMILES string of the molecule is CCC1CCC(O)C(CN(C)CCN2CCCC2)C1. The topological polar surface area (TPSA) is 26.7 Å². The molecule has 1 saturated carbocycles. The summed E-state index contributed by atoms with van der Waals surface area (Å²) in [7, 11) is 2.22. The largest absolute Gasteiger partial charge is 0.393 e. The summed E-state index contributed by atoms with van der Waals surface area (Å²) in [6.07, 6.45) is 7.45. The van der Waals surface area contributed by atoms with E-state index in [1.165, 1.54) is 51.7 Å². The molecule has 2 aliphatic rings. The Balaban J connectivity index is 1.69. The van der Waals surface area contributed by atoms with Crippen molar-refractivity contribution in [1.82, 2.24) is 9.80 Å². The molecule has 0 radical (unpaired) electrons. The predicted octanol–water partition coefficient (Wildman–Crippen LogP) is 2.20. The van der Waals surface area contributed by atoms with Crippen molar-refractivity contribution >= 4 is 0 Å². The van der Waals surface area contributed by atoms with Gasteiger partial charge in [0.25, 0.3) is 0 Å². The lowest BCUT2D eigenvalue weighted by molar-refractivity contribution is 0.0299. The van der Waals surface area contributed by atoms with Crippen LogP contribution in [-0.4, -0.2) is 60.8 Å². The highest BCUT2D eigenvalue weighted by atomic mass is 16.3. The van der Waals surface area contributed by atoms with Crippen molar-refractivity contribution in [3.05, 3.63) is 0 Å². The molecule has 112 valence electrons. The van der Waals surface area contributed by atoms with E-state index in [9.17, 15) is 5.11 Å². The smallest absolute Gasteiger partial charge is 0.0580 e. The Morgan fingerprint density at radius 3 is 2.63 bits per heavy atom. The van der Waals surface area contributed by atoms with Crippen LogP contribution in [0.5, 0.6) is 0 Å². The Hall–Kier alpha value is -0.120. The van der Waals surface area contributed by atoms with Gasteiger partial charge in [-0.25, -0.2) is 0 Å². The zero-order valence-electron chi connectivity index (χ0n) is 12.9. The first kappa shape index (κ1) is 15.3. The highest BCUT2D eigenvalue weighted by Crippen LogP contribution is 2.31. The Bertz CT molecular complexity index is 253. The van der Waals surface area contributed by atoms with Crippen molar-refractivity contribution in [1.29, 1.82) is 0 Å². The average molecular weight is 268 g/mol. The summed E-state index contributed by atoms with van der Waals surface area (Å²) in [5.41, 5.74) is 0. The maximum Gasteiger partial charge on any atom is 0.0580 e. The molecular weight excluding hydrogens is 236 g/mol. The van der Waals surface area contributed by atoms with E-state index in [-0.39, 0.29) is 6.10 Å². The van der Waals surface area contributed by atoms with Gasteiger partial charge in [-0.05, 0) is 64.1 Å². The van der Waals surface area contributed by atoms with Crippen LogP contribution in [0.2, 0.25) is 0 Å². The van der Waals surface area contributed by atoms with Gasteiger partial charge in [0.05, 0.1) is 6.10 Å². The number of hydrogen-bond acceptors (Lipinski definition) is 3. The molecule has 3 heteroatoms. The van der Waals surface area contributed by atoms with Crippen LogP contribution in [0.1, 0.15) is 45.4 Å². The molecule has 2 fully saturated rings. The van der Waals surface area contributed by atoms with Crippen LogP contribution in [0, 0.1) is 11.8 Å². The second-order valence-corrected chi connectivity index (χ2v) is 6.73. The maximum atomic E-state index is 10.2. The molecule has 0 aromatic carbocycles. The van der Waals surface area contributed by atoms with E-state index in [1.54, 1.807) is 0 Å². The van der Waals surface area contributed by atoms with E-state index in [1.807, 2.05) is 0 Å². The molecule has 3 atom stereocenters. The minimum atomic E-state index is -0.0583. The van der Waals surface area contributed by atoms with Gasteiger partial charge in [0, 0.05) is 19.6 Å². The van der Waals surface area contributed by atoms with E-state index >= 15 is 0 Å². The van der Waals surface area contributed by atoms with Crippen LogP contribution in [0.4, 0.5) is 0 Å². The minimum absolute atomic E-state index is 0.0583. The monoisotopic (exact) mass is 268 g/mol. The van der Waals surface area contributed by atoms with Gasteiger partial charge >= 0.3 is 0 Å². The van der Waals surface area contributed by atoms with Crippen LogP contribution >= 0.6 is 0 Å². The van der Waals surface area contributed by atoms with E-state index in [0.717, 1.165) is 25.4 Å². The molecular formula is C16H32N2O. The molecule has 1 heterocycles. The second-order valence-electron chi connectivity index (χ2n) is 6.73. The number of likely N-dealkylation sites (tertiary alicyclic amines) is 1. The van der Waals surface area contributed by atoms with Crippen molar-refractivity contribution in [2.75, 3.05) is 39.8 Å². The molecule has 3 unspecified atom stereocenters. The molecule has 3 nitrogen and oxygen atoms in total. The van der Waals surface area contributed by atoms with Gasteiger partial charge in [-0.2, -0.15) is 0 Å². The summed E-state index contributed by atoms with van der Waals surface area (Å²) in [6, 6.07) is 0. The van der Waals surface area contributed by atoms with Gasteiger partial charge < -0.3 is 14.9 Å². The average Bonchev–Trinajstić information content (AvgIpc) is 2.92. The molecule has 0 amide bonds. The van der Waals surface area contributed by atoms with Gasteiger partial charge in [0.1, 0.15) is 0 Å². The molecule has 1 aliphatic carbocycles. The van der Waals surface area contributed by atoms with Crippen molar-refractivity contribution in [3.63, 3.8) is 0 Å². The maximum absolute atomic E-state index is 10.2. The molecule has 19 heavy (non-hydrogen) atoms. The summed E-state index contributed by atoms with van der Waals surface area (Å²) in [4.78, 5) is 5.01. The van der Waals surface area contributed by atoms with Crippen LogP contribution in [-0.2, 0) is 0 Å². The Kier molecular flexibility index (Phi) is 6.11. The number of likely N-dealkylation sites (N-methyl/N-ethyl adjacent to an activating group) is 1. The molecule has 0 bridgehead atoms. The Morgan fingerprint density at radius 1 is 1.21 bits per heavy atom. The summed E-state index contributed by atoms with van der Waals surface area (Å²) in [5.74, 6) is 1.35. The fraction of sp³-hybridized carbons (Fsp3) is 1.00. The predicted molar refractivity (Wildman–Crippen MR) is 80.3 cm³/mol. The van der Waals surface area contributed by atoms with Crippen LogP contribution in [0.25, 0.3) is 0 Å². The first-order valence-corrected chi connectivity index (χ1v) is 8.28. The number of rotatable bonds is 6. The first-order valence-electron chi connectivity index (χ1n) is 8.28. The molecule has 1 aliphatic heterocycles. The third-order valence-corrected chi connectivity index (χ3v) is 5.17. The quantitative estimate of drug-likeness (QED) is 0.800. The van der Waals surface area contributed by atoms with E-state index in [4.69, 9.17) is 0 Å². The number of nitrogens with zero attached hydrogens (tertiary/aromatic N) is 2. The molecule has 0 aromatic rings. The van der Waals surface area contributed by atoms with Crippen LogP contribution < -0.4 is 0 Å². The van der Waals surface area contributed by atoms with Gasteiger partial charge in [0.15, 0.2) is 0 Å². The van der Waals surface area contributed by atoms with E-state index in [2.05, 4.69) is 23.8 Å². The molecule has 1 N–H and O–H groups in total. The first-order chi connectivity index (χ1) is 9.19. The Morgan fingerprint density at radius 2 is 1.95 bits per heavy atom. The fourth-order valence-electron chi connectivity index (χ4n) is 3.72. The summed E-state index contributed by atoms with van der Waals surface area (Å²) in [6.45, 7) is 8.30. The molecule has 0 spiro atoms. The number of aliphatic hydroxyl groups excluding tert-OH is 1. The number of aliphatic hydroxyl groups is 1. The van der Waals surface area contributed by atoms with E-state index in [0.29, 0.717) is 5.92 Å². The zero-order valence-corrected chi connectivity index (χ0v) is 12.9. The standard InChI is InChI=1S/C16H32N2O/c1-3-14-6-7-16(19)15(12-14)13-17(2)10-11-18-8-4-5-9-18/h14-16,19H,3-13H2,1-2H3. The Labute approximate surface area is 119 Å². The van der Waals surface area contributed by atoms with Crippen LogP contribution in [0.15, 0.2) is 0 Å². The zero-order chi connectivity index (χ0) is 13.7. The van der Waals surface area contributed by atoms with Gasteiger partial charge in [-0.3, -0.25) is 0 Å². The van der Waals surface area contributed by atoms with Crippen molar-refractivity contribution < 1.29 is 5.11 Å². The van der Waals surface area contributed by atoms with Crippen LogP contribution in [0.3, 0.4) is 0 Å². The van der Waals surface area contributed by atoms with Crippen molar-refractivity contribution in [2.45, 2.75) is 51.6 Å². The highest BCUT2D eigenvalue weighted by Gasteiger charge is 2.29. The third kappa shape index (κ3) is 4.73. The lowest BCUT2D eigenvalue weighted by Crippen LogP contribution is -2.40. The molecule has 0 aromatic heterocycles. The molecule has 1 saturated heterocycles. The lowest BCUT2D eigenvalue weighted by atomic mass is 9.78. The van der Waals surface area contributed by atoms with Crippen molar-refractivity contribution in [3.8, 4) is 0 Å². The summed E-state index contributed by atoms with van der Waals surface area (Å²) in [5, 5.41) is 10.2. The summed E-state index contributed by atoms with van der Waals surface area (Å²) < 4.78 is 0. The van der Waals surface area contributed by atoms with Gasteiger partial charge in [-0.1, -0.05) is 13.3 Å².